The van der Waals surface area contributed by atoms with E-state index < -0.39 is 11.5 Å². The van der Waals surface area contributed by atoms with Crippen molar-refractivity contribution in [2.45, 2.75) is 38.1 Å². The van der Waals surface area contributed by atoms with Gasteiger partial charge in [-0.2, -0.15) is 0 Å². The third kappa shape index (κ3) is 3.73. The molecule has 0 fully saturated rings. The Kier molecular flexibility index (Phi) is 6.35. The van der Waals surface area contributed by atoms with Crippen molar-refractivity contribution in [2.75, 3.05) is 11.4 Å². The average molecular weight is 510 g/mol. The van der Waals surface area contributed by atoms with E-state index in [2.05, 4.69) is 117 Å². The van der Waals surface area contributed by atoms with Crippen molar-refractivity contribution in [3.8, 4) is 0 Å². The maximum atomic E-state index is 14.9. The quantitative estimate of drug-likeness (QED) is 0.243. The zero-order valence-corrected chi connectivity index (χ0v) is 23.0. The molecule has 2 heteroatoms. The Hall–Kier alpha value is -4.17. The highest BCUT2D eigenvalue weighted by atomic mass is 16.1. The van der Waals surface area contributed by atoms with Crippen LogP contribution in [0.3, 0.4) is 0 Å². The van der Waals surface area contributed by atoms with Crippen molar-refractivity contribution in [1.82, 2.24) is 0 Å². The molecule has 1 aliphatic carbocycles. The molecule has 3 atom stereocenters. The summed E-state index contributed by atoms with van der Waals surface area (Å²) in [6.07, 6.45) is 5.61. The average Bonchev–Trinajstić information content (AvgIpc) is 3.21. The highest BCUT2D eigenvalue weighted by molar-refractivity contribution is 6.10. The number of allylic oxidation sites excluding steroid dienone is 2. The molecule has 0 aromatic heterocycles. The summed E-state index contributed by atoms with van der Waals surface area (Å²) in [4.78, 5) is 17.4. The van der Waals surface area contributed by atoms with E-state index in [-0.39, 0.29) is 11.2 Å². The predicted octanol–water partition coefficient (Wildman–Crippen LogP) is 8.61. The fourth-order valence-electron chi connectivity index (χ4n) is 7.14. The van der Waals surface area contributed by atoms with Crippen molar-refractivity contribution in [2.24, 2.45) is 5.92 Å². The molecule has 1 aliphatic heterocycles. The maximum absolute atomic E-state index is 14.9. The number of likely N-dealkylation sites (N-methyl/N-ethyl adjacent to an activating group) is 1. The van der Waals surface area contributed by atoms with Crippen LogP contribution in [0.25, 0.3) is 11.1 Å². The molecular weight excluding hydrogens is 474 g/mol. The van der Waals surface area contributed by atoms with Gasteiger partial charge in [-0.25, -0.2) is 0 Å². The van der Waals surface area contributed by atoms with E-state index in [9.17, 15) is 4.79 Å². The lowest BCUT2D eigenvalue weighted by atomic mass is 9.55. The van der Waals surface area contributed by atoms with Crippen LogP contribution in [0.2, 0.25) is 0 Å². The number of rotatable bonds is 6. The molecule has 0 bridgehead atoms. The summed E-state index contributed by atoms with van der Waals surface area (Å²) in [7, 11) is 0. The van der Waals surface area contributed by atoms with Crippen LogP contribution in [0.4, 0.5) is 5.69 Å². The number of anilines is 1. The standard InChI is InChI=1S/C37H35NO/c1-4-36(3)32-23-15-16-24-33(32)38(5-2)37(36)26-30(27-17-9-6-10-18-27)25-31(28-19-11-7-12-20-28)34(37)35(39)29-21-13-8-14-22-29/h6-26,34H,4-5H2,1-3H3/t34-,36-,37-/m0/s1. The van der Waals surface area contributed by atoms with Gasteiger partial charge in [-0.3, -0.25) is 4.79 Å². The first-order valence-corrected chi connectivity index (χ1v) is 14.1. The Bertz CT molecular complexity index is 1550. The SMILES string of the molecule is CCN1c2ccccc2[C@](C)(CC)[C@@]12C=C(c1ccccc1)C=C(c1ccccc1)[C@H]2C(=O)c1ccccc1. The first-order chi connectivity index (χ1) is 19.0. The second-order valence-electron chi connectivity index (χ2n) is 10.9. The molecule has 6 rings (SSSR count). The monoisotopic (exact) mass is 509 g/mol. The van der Waals surface area contributed by atoms with Crippen LogP contribution in [0.5, 0.6) is 0 Å². The third-order valence-corrected chi connectivity index (χ3v) is 9.12. The Morgan fingerprint density at radius 1 is 0.744 bits per heavy atom. The molecule has 2 aliphatic rings. The van der Waals surface area contributed by atoms with Gasteiger partial charge in [-0.1, -0.05) is 123 Å². The summed E-state index contributed by atoms with van der Waals surface area (Å²) in [6, 6.07) is 39.8. The van der Waals surface area contributed by atoms with Crippen LogP contribution in [-0.2, 0) is 5.41 Å². The molecule has 0 amide bonds. The smallest absolute Gasteiger partial charge is 0.173 e. The van der Waals surface area contributed by atoms with Gasteiger partial charge in [0.2, 0.25) is 0 Å². The van der Waals surface area contributed by atoms with E-state index in [1.807, 2.05) is 36.4 Å². The largest absolute Gasteiger partial charge is 0.360 e. The van der Waals surface area contributed by atoms with Gasteiger partial charge in [0.15, 0.2) is 5.78 Å². The van der Waals surface area contributed by atoms with Crippen molar-refractivity contribution in [1.29, 1.82) is 0 Å². The van der Waals surface area contributed by atoms with E-state index >= 15 is 0 Å². The van der Waals surface area contributed by atoms with Gasteiger partial charge in [0.25, 0.3) is 0 Å². The maximum Gasteiger partial charge on any atom is 0.173 e. The molecule has 0 N–H and O–H groups in total. The molecular formula is C37H35NO. The van der Waals surface area contributed by atoms with E-state index in [0.717, 1.165) is 35.2 Å². The van der Waals surface area contributed by atoms with E-state index in [4.69, 9.17) is 0 Å². The van der Waals surface area contributed by atoms with E-state index in [0.29, 0.717) is 0 Å². The first kappa shape index (κ1) is 25.1. The summed E-state index contributed by atoms with van der Waals surface area (Å²) in [5, 5.41) is 0. The lowest BCUT2D eigenvalue weighted by molar-refractivity contribution is 0.0874. The second-order valence-corrected chi connectivity index (χ2v) is 10.9. The number of nitrogens with zero attached hydrogens (tertiary/aromatic N) is 1. The lowest BCUT2D eigenvalue weighted by Gasteiger charge is -2.54. The van der Waals surface area contributed by atoms with Gasteiger partial charge < -0.3 is 4.90 Å². The van der Waals surface area contributed by atoms with Crippen LogP contribution in [0.15, 0.2) is 127 Å². The van der Waals surface area contributed by atoms with Crippen LogP contribution in [-0.4, -0.2) is 17.9 Å². The van der Waals surface area contributed by atoms with Crippen molar-refractivity contribution < 1.29 is 4.79 Å². The summed E-state index contributed by atoms with van der Waals surface area (Å²) in [6.45, 7) is 7.67. The van der Waals surface area contributed by atoms with Gasteiger partial charge in [0.1, 0.15) is 0 Å². The fourth-order valence-corrected chi connectivity index (χ4v) is 7.14. The molecule has 0 unspecified atom stereocenters. The van der Waals surface area contributed by atoms with Gasteiger partial charge in [-0.05, 0) is 59.4 Å². The van der Waals surface area contributed by atoms with Crippen LogP contribution >= 0.6 is 0 Å². The van der Waals surface area contributed by atoms with Gasteiger partial charge in [0, 0.05) is 23.2 Å². The molecule has 1 heterocycles. The summed E-state index contributed by atoms with van der Waals surface area (Å²) < 4.78 is 0. The number of para-hydroxylation sites is 1. The molecule has 0 saturated heterocycles. The van der Waals surface area contributed by atoms with Gasteiger partial charge >= 0.3 is 0 Å². The number of fused-ring (bicyclic) bond motifs is 1. The minimum absolute atomic E-state index is 0.167. The number of ketones is 1. The normalized spacial score (nSPS) is 23.8. The minimum atomic E-state index is -0.599. The van der Waals surface area contributed by atoms with E-state index in [1.165, 1.54) is 16.8 Å². The number of carbonyl (C=O) groups excluding carboxylic acids is 1. The summed E-state index contributed by atoms with van der Waals surface area (Å²) in [5.41, 5.74) is 6.91. The Labute approximate surface area is 232 Å². The molecule has 1 spiro atoms. The number of carbonyl (C=O) groups is 1. The fraction of sp³-hybridized carbons (Fsp3) is 0.216. The summed E-state index contributed by atoms with van der Waals surface area (Å²) in [5.74, 6) is -0.230. The number of hydrogen-bond acceptors (Lipinski definition) is 2. The van der Waals surface area contributed by atoms with Crippen LogP contribution in [0, 0.1) is 5.92 Å². The Morgan fingerprint density at radius 3 is 1.92 bits per heavy atom. The molecule has 4 aromatic rings. The van der Waals surface area contributed by atoms with Crippen LogP contribution in [0.1, 0.15) is 54.2 Å². The van der Waals surface area contributed by atoms with Crippen LogP contribution < -0.4 is 4.90 Å². The summed E-state index contributed by atoms with van der Waals surface area (Å²) >= 11 is 0. The van der Waals surface area contributed by atoms with Crippen molar-refractivity contribution >= 4 is 22.6 Å². The molecule has 0 radical (unpaired) electrons. The number of benzene rings is 4. The molecule has 194 valence electrons. The predicted molar refractivity (Wildman–Crippen MR) is 163 cm³/mol. The molecule has 4 aromatic carbocycles. The Balaban J connectivity index is 1.72. The number of hydrogen-bond donors (Lipinski definition) is 0. The molecule has 2 nitrogen and oxygen atoms in total. The van der Waals surface area contributed by atoms with Crippen molar-refractivity contribution in [3.63, 3.8) is 0 Å². The second kappa shape index (κ2) is 9.85. The van der Waals surface area contributed by atoms with Gasteiger partial charge in [0.05, 0.1) is 11.5 Å². The highest BCUT2D eigenvalue weighted by Crippen LogP contribution is 2.62. The third-order valence-electron chi connectivity index (χ3n) is 9.12. The lowest BCUT2D eigenvalue weighted by Crippen LogP contribution is -2.63. The zero-order chi connectivity index (χ0) is 27.0. The topological polar surface area (TPSA) is 20.3 Å². The highest BCUT2D eigenvalue weighted by Gasteiger charge is 2.63. The minimum Gasteiger partial charge on any atom is -0.360 e. The first-order valence-electron chi connectivity index (χ1n) is 14.1. The molecule has 39 heavy (non-hydrogen) atoms. The number of Topliss-reactive ketones (excluding diaryl/α,β-unsaturated/α-hetero) is 1. The zero-order valence-electron chi connectivity index (χ0n) is 23.0. The van der Waals surface area contributed by atoms with Gasteiger partial charge in [-0.15, -0.1) is 0 Å². The van der Waals surface area contributed by atoms with Crippen molar-refractivity contribution in [3.05, 3.63) is 150 Å². The van der Waals surface area contributed by atoms with E-state index in [1.54, 1.807) is 0 Å². The Morgan fingerprint density at radius 2 is 1.31 bits per heavy atom. The molecule has 0 saturated carbocycles.